The number of hydrogen-bond acceptors (Lipinski definition) is 6. The molecule has 6 nitrogen and oxygen atoms in total. The number of hydrogen-bond donors (Lipinski definition) is 2. The zero-order valence-electron chi connectivity index (χ0n) is 14.4. The Morgan fingerprint density at radius 3 is 2.57 bits per heavy atom. The van der Waals surface area contributed by atoms with Gasteiger partial charge in [0.15, 0.2) is 5.65 Å². The van der Waals surface area contributed by atoms with Gasteiger partial charge in [-0.25, -0.2) is 4.98 Å². The number of likely N-dealkylation sites (tertiary alicyclic amines) is 1. The van der Waals surface area contributed by atoms with Crippen LogP contribution in [0, 0.1) is 6.92 Å². The van der Waals surface area contributed by atoms with Crippen molar-refractivity contribution in [2.75, 3.05) is 31.2 Å². The van der Waals surface area contributed by atoms with Crippen LogP contribution in [0.15, 0.2) is 6.07 Å². The van der Waals surface area contributed by atoms with Crippen LogP contribution in [0.3, 0.4) is 0 Å². The minimum atomic E-state index is 0.361. The summed E-state index contributed by atoms with van der Waals surface area (Å²) in [7, 11) is 2.15. The van der Waals surface area contributed by atoms with Crippen LogP contribution < -0.4 is 11.1 Å². The Morgan fingerprint density at radius 2 is 1.91 bits per heavy atom. The summed E-state index contributed by atoms with van der Waals surface area (Å²) >= 11 is 0. The van der Waals surface area contributed by atoms with Gasteiger partial charge in [0, 0.05) is 11.7 Å². The number of aryl methyl sites for hydroxylation is 1. The first-order valence-corrected chi connectivity index (χ1v) is 8.34. The molecule has 0 bridgehead atoms. The van der Waals surface area contributed by atoms with E-state index in [1.165, 1.54) is 0 Å². The predicted octanol–water partition coefficient (Wildman–Crippen LogP) is 2.54. The lowest BCUT2D eigenvalue weighted by atomic mass is 10.1. The summed E-state index contributed by atoms with van der Waals surface area (Å²) in [5, 5.41) is 4.30. The van der Waals surface area contributed by atoms with E-state index in [1.807, 2.05) is 6.92 Å². The third-order valence-electron chi connectivity index (χ3n) is 4.55. The second kappa shape index (κ2) is 6.28. The fraction of sp³-hybridized carbons (Fsp3) is 0.588. The summed E-state index contributed by atoms with van der Waals surface area (Å²) in [4.78, 5) is 16.1. The summed E-state index contributed by atoms with van der Waals surface area (Å²) in [5.41, 5.74) is 8.99. The van der Waals surface area contributed by atoms with E-state index in [1.54, 1.807) is 0 Å². The summed E-state index contributed by atoms with van der Waals surface area (Å²) < 4.78 is 0. The van der Waals surface area contributed by atoms with E-state index in [9.17, 15) is 0 Å². The van der Waals surface area contributed by atoms with Gasteiger partial charge >= 0.3 is 0 Å². The topological polar surface area (TPSA) is 80.0 Å². The molecule has 2 aromatic rings. The highest BCUT2D eigenvalue weighted by Crippen LogP contribution is 2.26. The van der Waals surface area contributed by atoms with E-state index in [-0.39, 0.29) is 0 Å². The van der Waals surface area contributed by atoms with Crippen molar-refractivity contribution in [2.24, 2.45) is 0 Å². The lowest BCUT2D eigenvalue weighted by Gasteiger charge is -2.29. The molecule has 0 aliphatic carbocycles. The molecule has 124 valence electrons. The van der Waals surface area contributed by atoms with E-state index >= 15 is 0 Å². The Balaban J connectivity index is 1.93. The van der Waals surface area contributed by atoms with E-state index < -0.39 is 0 Å². The molecule has 0 saturated carbocycles. The fourth-order valence-corrected chi connectivity index (χ4v) is 3.07. The minimum absolute atomic E-state index is 0.361. The van der Waals surface area contributed by atoms with Crippen LogP contribution >= 0.6 is 0 Å². The van der Waals surface area contributed by atoms with Crippen molar-refractivity contribution < 1.29 is 0 Å². The van der Waals surface area contributed by atoms with Crippen molar-refractivity contribution in [3.8, 4) is 0 Å². The third kappa shape index (κ3) is 3.37. The van der Waals surface area contributed by atoms with E-state index in [2.05, 4.69) is 52.1 Å². The smallest absolute Gasteiger partial charge is 0.226 e. The van der Waals surface area contributed by atoms with Crippen molar-refractivity contribution in [3.05, 3.63) is 17.3 Å². The van der Waals surface area contributed by atoms with Gasteiger partial charge in [-0.1, -0.05) is 13.8 Å². The number of nitrogens with zero attached hydrogens (tertiary/aromatic N) is 4. The number of fused-ring (bicyclic) bond motifs is 1. The number of rotatable bonds is 3. The fourth-order valence-electron chi connectivity index (χ4n) is 3.07. The standard InChI is InChI=1S/C17H26N6/c1-10(2)13-9-11(3)14-15(18)21-17(22-16(14)20-13)19-12-5-7-23(4)8-6-12/h9-10,12H,5-8H2,1-4H3,(H3,18,19,20,21,22). The summed E-state index contributed by atoms with van der Waals surface area (Å²) in [6.07, 6.45) is 2.19. The Kier molecular flexibility index (Phi) is 4.35. The Morgan fingerprint density at radius 1 is 1.22 bits per heavy atom. The molecule has 3 rings (SSSR count). The average molecular weight is 314 g/mol. The average Bonchev–Trinajstić information content (AvgIpc) is 2.48. The maximum absolute atomic E-state index is 6.17. The monoisotopic (exact) mass is 314 g/mol. The summed E-state index contributed by atoms with van der Waals surface area (Å²) in [5.74, 6) is 1.46. The second-order valence-electron chi connectivity index (χ2n) is 6.87. The van der Waals surface area contributed by atoms with Crippen LogP contribution in [-0.2, 0) is 0 Å². The molecular weight excluding hydrogens is 288 g/mol. The summed E-state index contributed by atoms with van der Waals surface area (Å²) in [6, 6.07) is 2.48. The van der Waals surface area contributed by atoms with Crippen molar-refractivity contribution in [2.45, 2.75) is 45.6 Å². The highest BCUT2D eigenvalue weighted by Gasteiger charge is 2.18. The first kappa shape index (κ1) is 15.9. The zero-order chi connectivity index (χ0) is 16.6. The van der Waals surface area contributed by atoms with Gasteiger partial charge in [0.1, 0.15) is 5.82 Å². The molecular formula is C17H26N6. The highest BCUT2D eigenvalue weighted by atomic mass is 15.2. The van der Waals surface area contributed by atoms with Gasteiger partial charge in [-0.3, -0.25) is 0 Å². The molecule has 0 radical (unpaired) electrons. The van der Waals surface area contributed by atoms with Gasteiger partial charge in [0.2, 0.25) is 5.95 Å². The maximum Gasteiger partial charge on any atom is 0.226 e. The SMILES string of the molecule is Cc1cc(C(C)C)nc2nc(NC3CCN(C)CC3)nc(N)c12. The minimum Gasteiger partial charge on any atom is -0.383 e. The predicted molar refractivity (Wildman–Crippen MR) is 94.7 cm³/mol. The molecule has 0 amide bonds. The molecule has 23 heavy (non-hydrogen) atoms. The van der Waals surface area contributed by atoms with Crippen molar-refractivity contribution in [1.29, 1.82) is 0 Å². The van der Waals surface area contributed by atoms with Crippen molar-refractivity contribution in [3.63, 3.8) is 0 Å². The molecule has 0 spiro atoms. The molecule has 1 aliphatic heterocycles. The highest BCUT2D eigenvalue weighted by molar-refractivity contribution is 5.89. The van der Waals surface area contributed by atoms with Gasteiger partial charge in [-0.05, 0) is 57.5 Å². The molecule has 3 N–H and O–H groups in total. The first-order valence-electron chi connectivity index (χ1n) is 8.34. The maximum atomic E-state index is 6.17. The number of anilines is 2. The van der Waals surface area contributed by atoms with E-state index in [4.69, 9.17) is 5.73 Å². The Labute approximate surface area is 137 Å². The molecule has 1 aliphatic rings. The van der Waals surface area contributed by atoms with Crippen LogP contribution in [0.5, 0.6) is 0 Å². The van der Waals surface area contributed by atoms with Crippen LogP contribution in [0.4, 0.5) is 11.8 Å². The molecule has 6 heteroatoms. The third-order valence-corrected chi connectivity index (χ3v) is 4.55. The van der Waals surface area contributed by atoms with Gasteiger partial charge < -0.3 is 16.0 Å². The van der Waals surface area contributed by atoms with Crippen LogP contribution in [0.2, 0.25) is 0 Å². The van der Waals surface area contributed by atoms with Crippen LogP contribution in [-0.4, -0.2) is 46.0 Å². The number of nitrogen functional groups attached to an aromatic ring is 1. The molecule has 0 unspecified atom stereocenters. The molecule has 1 fully saturated rings. The lowest BCUT2D eigenvalue weighted by Crippen LogP contribution is -2.37. The lowest BCUT2D eigenvalue weighted by molar-refractivity contribution is 0.263. The van der Waals surface area contributed by atoms with Gasteiger partial charge in [-0.15, -0.1) is 0 Å². The molecule has 0 atom stereocenters. The van der Waals surface area contributed by atoms with Gasteiger partial charge in [-0.2, -0.15) is 9.97 Å². The molecule has 3 heterocycles. The largest absolute Gasteiger partial charge is 0.383 e. The quantitative estimate of drug-likeness (QED) is 0.906. The van der Waals surface area contributed by atoms with Gasteiger partial charge in [0.05, 0.1) is 5.39 Å². The Bertz CT molecular complexity index is 704. The van der Waals surface area contributed by atoms with Crippen LogP contribution in [0.25, 0.3) is 11.0 Å². The Hall–Kier alpha value is -1.95. The number of nitrogens with one attached hydrogen (secondary N) is 1. The number of aromatic nitrogens is 3. The normalized spacial score (nSPS) is 17.1. The number of nitrogens with two attached hydrogens (primary N) is 1. The molecule has 1 saturated heterocycles. The molecule has 2 aromatic heterocycles. The van der Waals surface area contributed by atoms with Crippen molar-refractivity contribution >= 4 is 22.8 Å². The number of piperidine rings is 1. The zero-order valence-corrected chi connectivity index (χ0v) is 14.4. The van der Waals surface area contributed by atoms with Crippen LogP contribution in [0.1, 0.15) is 43.9 Å². The van der Waals surface area contributed by atoms with Gasteiger partial charge in [0.25, 0.3) is 0 Å². The number of pyridine rings is 1. The van der Waals surface area contributed by atoms with Crippen molar-refractivity contribution in [1.82, 2.24) is 19.9 Å². The summed E-state index contributed by atoms with van der Waals surface area (Å²) in [6.45, 7) is 8.50. The molecule has 0 aromatic carbocycles. The van der Waals surface area contributed by atoms with E-state index in [0.717, 1.165) is 42.6 Å². The van der Waals surface area contributed by atoms with E-state index in [0.29, 0.717) is 29.4 Å². The first-order chi connectivity index (χ1) is 10.9. The second-order valence-corrected chi connectivity index (χ2v) is 6.87.